The molecule has 8 nitrogen and oxygen atoms in total. The third-order valence-corrected chi connectivity index (χ3v) is 8.22. The fourth-order valence-electron chi connectivity index (χ4n) is 4.46. The van der Waals surface area contributed by atoms with Crippen LogP contribution in [-0.4, -0.2) is 36.2 Å². The average Bonchev–Trinajstić information content (AvgIpc) is 3.29. The summed E-state index contributed by atoms with van der Waals surface area (Å²) in [7, 11) is -3.97. The van der Waals surface area contributed by atoms with Crippen molar-refractivity contribution >= 4 is 38.6 Å². The van der Waals surface area contributed by atoms with Crippen LogP contribution in [0.25, 0.3) is 22.1 Å². The highest BCUT2D eigenvalue weighted by Crippen LogP contribution is 2.29. The molecule has 1 heterocycles. The number of carbonyl (C=O) groups excluding carboxylic acids is 1. The number of rotatable bonds is 9. The lowest BCUT2D eigenvalue weighted by Crippen LogP contribution is -2.44. The van der Waals surface area contributed by atoms with E-state index < -0.39 is 22.0 Å². The van der Waals surface area contributed by atoms with E-state index in [2.05, 4.69) is 35.7 Å². The van der Waals surface area contributed by atoms with E-state index in [0.717, 1.165) is 34.1 Å². The van der Waals surface area contributed by atoms with Gasteiger partial charge in [0.2, 0.25) is 10.0 Å². The highest BCUT2D eigenvalue weighted by atomic mass is 32.2. The number of amides is 1. The van der Waals surface area contributed by atoms with Crippen LogP contribution in [0.1, 0.15) is 55.8 Å². The van der Waals surface area contributed by atoms with E-state index in [9.17, 15) is 23.1 Å². The maximum atomic E-state index is 13.1. The van der Waals surface area contributed by atoms with Gasteiger partial charge in [-0.05, 0) is 66.3 Å². The largest absolute Gasteiger partial charge is 0.499 e. The summed E-state index contributed by atoms with van der Waals surface area (Å²) in [5.74, 6) is 5.40. The van der Waals surface area contributed by atoms with Crippen LogP contribution in [0.3, 0.4) is 0 Å². The predicted molar refractivity (Wildman–Crippen MR) is 166 cm³/mol. The number of anilines is 1. The number of aliphatic carboxylic acids is 1. The number of benzene rings is 3. The Balaban J connectivity index is 1.48. The molecule has 9 heteroatoms. The summed E-state index contributed by atoms with van der Waals surface area (Å²) < 4.78 is 33.7. The van der Waals surface area contributed by atoms with Gasteiger partial charge < -0.3 is 19.6 Å². The summed E-state index contributed by atoms with van der Waals surface area (Å²) >= 11 is 0. The second kappa shape index (κ2) is 12.6. The smallest absolute Gasteiger partial charge is 0.451 e. The molecule has 42 heavy (non-hydrogen) atoms. The maximum Gasteiger partial charge on any atom is 0.499 e. The molecule has 0 saturated carbocycles. The van der Waals surface area contributed by atoms with Gasteiger partial charge in [-0.1, -0.05) is 69.9 Å². The van der Waals surface area contributed by atoms with Crippen LogP contribution in [0.4, 0.5) is 5.69 Å². The number of furan rings is 1. The fourth-order valence-corrected chi connectivity index (χ4v) is 5.80. The van der Waals surface area contributed by atoms with E-state index in [1.807, 2.05) is 37.3 Å². The first-order valence-electron chi connectivity index (χ1n) is 13.7. The summed E-state index contributed by atoms with van der Waals surface area (Å²) in [6.07, 6.45) is 0.782. The Morgan fingerprint density at radius 2 is 1.60 bits per heavy atom. The van der Waals surface area contributed by atoms with Crippen molar-refractivity contribution in [2.24, 2.45) is 11.8 Å². The zero-order valence-electron chi connectivity index (χ0n) is 24.2. The Kier molecular flexibility index (Phi) is 9.20. The molecule has 1 amide bonds. The van der Waals surface area contributed by atoms with E-state index in [4.69, 9.17) is 4.42 Å². The molecule has 1 aromatic heterocycles. The number of fused-ring (bicyclic) bond motifs is 1. The molecule has 218 valence electrons. The predicted octanol–water partition coefficient (Wildman–Crippen LogP) is 6.42. The normalized spacial score (nSPS) is 12.3. The van der Waals surface area contributed by atoms with Crippen molar-refractivity contribution in [2.45, 2.75) is 52.0 Å². The van der Waals surface area contributed by atoms with Gasteiger partial charge in [-0.2, -0.15) is 4.72 Å². The minimum atomic E-state index is -3.97. The van der Waals surface area contributed by atoms with E-state index in [1.165, 1.54) is 12.1 Å². The van der Waals surface area contributed by atoms with Crippen LogP contribution in [0.5, 0.6) is 0 Å². The first-order chi connectivity index (χ1) is 19.9. The lowest BCUT2D eigenvalue weighted by atomic mass is 10.0. The van der Waals surface area contributed by atoms with Crippen molar-refractivity contribution in [3.8, 4) is 23.0 Å². The lowest BCUT2D eigenvalue weighted by molar-refractivity contribution is 0.0998. The number of carboxylic acids is 1. The van der Waals surface area contributed by atoms with Crippen molar-refractivity contribution in [1.29, 1.82) is 0 Å². The third kappa shape index (κ3) is 6.90. The molecule has 0 bridgehead atoms. The number of hydrogen-bond acceptors (Lipinski definition) is 4. The Labute approximate surface area is 246 Å². The molecule has 0 unspecified atom stereocenters. The molecular weight excluding hydrogens is 552 g/mol. The van der Waals surface area contributed by atoms with Crippen LogP contribution in [-0.2, 0) is 10.0 Å². The molecule has 0 aliphatic rings. The molecule has 0 fully saturated rings. The zero-order valence-corrected chi connectivity index (χ0v) is 25.0. The highest BCUT2D eigenvalue weighted by Gasteiger charge is 2.32. The number of aryl methyl sites for hydroxylation is 1. The standard InChI is InChI=1S/C33H34N2O6S/c1-20(2)8-6-9-25-10-7-11-28-29(25)22(5)31(41-28)32(36)34-26-16-12-23(13-17-26)24-14-18-27(19-15-24)42(39,40)35-30(21(3)4)33(37)38/h7,10-21,30,35H,8H2,1-5H3,(H,34,36)(H,37,38)/p+1/t30-/m0/s1. The molecule has 4 rings (SSSR count). The number of hydrogen-bond donors (Lipinski definition) is 3. The summed E-state index contributed by atoms with van der Waals surface area (Å²) in [4.78, 5) is 22.6. The molecule has 3 aromatic carbocycles. The van der Waals surface area contributed by atoms with Crippen molar-refractivity contribution in [1.82, 2.24) is 4.72 Å². The molecule has 0 aliphatic carbocycles. The van der Waals surface area contributed by atoms with Crippen LogP contribution in [0, 0.1) is 30.6 Å². The minimum absolute atomic E-state index is 0.00250. The highest BCUT2D eigenvalue weighted by molar-refractivity contribution is 7.89. The van der Waals surface area contributed by atoms with Crippen molar-refractivity contribution in [3.05, 3.63) is 83.6 Å². The van der Waals surface area contributed by atoms with Crippen molar-refractivity contribution in [2.75, 3.05) is 5.32 Å². The summed E-state index contributed by atoms with van der Waals surface area (Å²) in [5.41, 5.74) is 4.32. The molecular formula is C33H35N2O6S+. The third-order valence-electron chi connectivity index (χ3n) is 6.76. The average molecular weight is 588 g/mol. The number of aliphatic hydroxyl groups excluding tert-OH is 1. The van der Waals surface area contributed by atoms with E-state index in [1.54, 1.807) is 38.1 Å². The molecule has 1 atom stereocenters. The SMILES string of the molecule is Cc1c(C(=O)Nc2ccc(-c3ccc(S(=O)(=O)N[C@H](C(O)=[OH+])C(C)C)cc3)cc2)oc2cccc(C#CCC(C)C)c12. The zero-order chi connectivity index (χ0) is 30.6. The Morgan fingerprint density at radius 3 is 2.17 bits per heavy atom. The Morgan fingerprint density at radius 1 is 0.976 bits per heavy atom. The quantitative estimate of drug-likeness (QED) is 0.154. The minimum Gasteiger partial charge on any atom is -0.451 e. The van der Waals surface area contributed by atoms with Crippen LogP contribution in [0.15, 0.2) is 76.0 Å². The monoisotopic (exact) mass is 587 g/mol. The van der Waals surface area contributed by atoms with Crippen LogP contribution < -0.4 is 10.0 Å². The van der Waals surface area contributed by atoms with Gasteiger partial charge in [0.25, 0.3) is 5.91 Å². The number of carbonyl (C=O) groups is 1. The van der Waals surface area contributed by atoms with Gasteiger partial charge in [0.1, 0.15) is 5.58 Å². The first kappa shape index (κ1) is 30.6. The van der Waals surface area contributed by atoms with E-state index in [0.29, 0.717) is 17.2 Å². The molecule has 0 aliphatic heterocycles. The number of nitrogens with one attached hydrogen (secondary N) is 2. The molecule has 0 spiro atoms. The Hall–Kier alpha value is -4.39. The molecule has 4 aromatic rings. The second-order valence-corrected chi connectivity index (χ2v) is 12.6. The van der Waals surface area contributed by atoms with Crippen molar-refractivity contribution in [3.63, 3.8) is 0 Å². The Bertz CT molecular complexity index is 1770. The molecule has 0 radical (unpaired) electrons. The summed E-state index contributed by atoms with van der Waals surface area (Å²) in [5, 5.41) is 13.2. The topological polar surface area (TPSA) is 130 Å². The van der Waals surface area contributed by atoms with Gasteiger partial charge in [-0.15, -0.1) is 0 Å². The van der Waals surface area contributed by atoms with Gasteiger partial charge in [-0.25, -0.2) is 8.42 Å². The van der Waals surface area contributed by atoms with E-state index in [-0.39, 0.29) is 22.5 Å². The van der Waals surface area contributed by atoms with Gasteiger partial charge in [0.15, 0.2) is 11.8 Å². The van der Waals surface area contributed by atoms with Gasteiger partial charge in [-0.3, -0.25) is 4.79 Å². The van der Waals surface area contributed by atoms with Gasteiger partial charge >= 0.3 is 5.97 Å². The first-order valence-corrected chi connectivity index (χ1v) is 15.2. The maximum absolute atomic E-state index is 13.1. The molecule has 4 N–H and O–H groups in total. The lowest BCUT2D eigenvalue weighted by Gasteiger charge is -2.15. The number of sulfonamides is 1. The van der Waals surface area contributed by atoms with E-state index >= 15 is 0 Å². The van der Waals surface area contributed by atoms with Crippen LogP contribution >= 0.6 is 0 Å². The number of carboxylic acid groups (broad SMARTS) is 1. The van der Waals surface area contributed by atoms with Gasteiger partial charge in [0.05, 0.1) is 4.90 Å². The summed E-state index contributed by atoms with van der Waals surface area (Å²) in [6.45, 7) is 9.43. The summed E-state index contributed by atoms with van der Waals surface area (Å²) in [6, 6.07) is 17.9. The fraction of sp³-hybridized carbons (Fsp3) is 0.273. The van der Waals surface area contributed by atoms with Gasteiger partial charge in [0, 0.05) is 28.6 Å². The van der Waals surface area contributed by atoms with Crippen molar-refractivity contribution < 1.29 is 27.5 Å². The second-order valence-electron chi connectivity index (χ2n) is 10.9. The van der Waals surface area contributed by atoms with Crippen LogP contribution in [0.2, 0.25) is 0 Å². The molecule has 0 saturated heterocycles.